The largest absolute Gasteiger partial charge is 0.507 e. The normalized spacial score (nSPS) is 18.1. The zero-order valence-electron chi connectivity index (χ0n) is 18.5. The number of carbonyl (C=O) groups is 2. The van der Waals surface area contributed by atoms with Crippen molar-refractivity contribution >= 4 is 17.4 Å². The van der Waals surface area contributed by atoms with Crippen LogP contribution in [0, 0.1) is 6.92 Å². The summed E-state index contributed by atoms with van der Waals surface area (Å²) in [6, 6.07) is 6.45. The standard InChI is InChI=1S/C24H28N2O5/c1-14(2)17-12-18(15(3)11-19(17)31-5)22(27)20-21(16-7-6-8-25-13-16)26(9-10-30-4)24(29)23(20)28/h6-8,11-14,21,27H,9-10H2,1-5H3/b22-20+. The monoisotopic (exact) mass is 424 g/mol. The van der Waals surface area contributed by atoms with E-state index in [1.54, 1.807) is 31.6 Å². The van der Waals surface area contributed by atoms with Crippen LogP contribution in [0.3, 0.4) is 0 Å². The van der Waals surface area contributed by atoms with Crippen LogP contribution in [0.15, 0.2) is 42.2 Å². The molecule has 164 valence electrons. The van der Waals surface area contributed by atoms with Gasteiger partial charge in [-0.1, -0.05) is 19.9 Å². The lowest BCUT2D eigenvalue weighted by Crippen LogP contribution is -2.32. The van der Waals surface area contributed by atoms with Crippen molar-refractivity contribution in [2.45, 2.75) is 32.7 Å². The Hall–Kier alpha value is -3.19. The number of Topliss-reactive ketones (excluding diaryl/α,β-unsaturated/α-hetero) is 1. The molecule has 1 atom stereocenters. The molecule has 0 bridgehead atoms. The Balaban J connectivity index is 2.23. The fourth-order valence-corrected chi connectivity index (χ4v) is 3.91. The average molecular weight is 424 g/mol. The molecule has 3 rings (SSSR count). The van der Waals surface area contributed by atoms with E-state index in [1.165, 1.54) is 12.0 Å². The van der Waals surface area contributed by atoms with Crippen molar-refractivity contribution in [3.05, 3.63) is 64.5 Å². The number of pyridine rings is 1. The van der Waals surface area contributed by atoms with Crippen molar-refractivity contribution < 1.29 is 24.2 Å². The van der Waals surface area contributed by atoms with E-state index in [1.807, 2.05) is 32.9 Å². The first-order valence-corrected chi connectivity index (χ1v) is 10.2. The van der Waals surface area contributed by atoms with Gasteiger partial charge in [0.25, 0.3) is 11.7 Å². The Morgan fingerprint density at radius 2 is 2.00 bits per heavy atom. The summed E-state index contributed by atoms with van der Waals surface area (Å²) in [5, 5.41) is 11.3. The van der Waals surface area contributed by atoms with Crippen LogP contribution in [0.1, 0.15) is 48.1 Å². The van der Waals surface area contributed by atoms with Gasteiger partial charge in [-0.2, -0.15) is 0 Å². The second-order valence-electron chi connectivity index (χ2n) is 7.84. The number of hydrogen-bond donors (Lipinski definition) is 1. The Morgan fingerprint density at radius 3 is 2.58 bits per heavy atom. The number of ether oxygens (including phenoxy) is 2. The number of aliphatic hydroxyl groups excluding tert-OH is 1. The molecule has 7 heteroatoms. The lowest BCUT2D eigenvalue weighted by atomic mass is 9.91. The van der Waals surface area contributed by atoms with E-state index in [9.17, 15) is 14.7 Å². The molecule has 7 nitrogen and oxygen atoms in total. The molecule has 0 spiro atoms. The number of carbonyl (C=O) groups excluding carboxylic acids is 2. The Kier molecular flexibility index (Phi) is 6.75. The number of aliphatic hydroxyl groups is 1. The first-order chi connectivity index (χ1) is 14.8. The second kappa shape index (κ2) is 9.31. The molecular weight excluding hydrogens is 396 g/mol. The maximum absolute atomic E-state index is 13.0. The molecule has 1 N–H and O–H groups in total. The molecule has 31 heavy (non-hydrogen) atoms. The van der Waals surface area contributed by atoms with E-state index >= 15 is 0 Å². The van der Waals surface area contributed by atoms with Gasteiger partial charge >= 0.3 is 0 Å². The Bertz CT molecular complexity index is 1010. The molecule has 1 aromatic carbocycles. The summed E-state index contributed by atoms with van der Waals surface area (Å²) in [7, 11) is 3.13. The van der Waals surface area contributed by atoms with E-state index in [0.29, 0.717) is 16.9 Å². The summed E-state index contributed by atoms with van der Waals surface area (Å²) in [5.74, 6) is -0.727. The SMILES string of the molecule is COCCN1C(=O)C(=O)/C(=C(/O)c2cc(C(C)C)c(OC)cc2C)C1c1cccnc1. The number of hydrogen-bond acceptors (Lipinski definition) is 6. The van der Waals surface area contributed by atoms with Gasteiger partial charge < -0.3 is 19.5 Å². The smallest absolute Gasteiger partial charge is 0.295 e. The van der Waals surface area contributed by atoms with Crippen LogP contribution in [0.2, 0.25) is 0 Å². The number of aryl methyl sites for hydroxylation is 1. The Morgan fingerprint density at radius 1 is 1.26 bits per heavy atom. The average Bonchev–Trinajstić information content (AvgIpc) is 3.02. The van der Waals surface area contributed by atoms with Crippen LogP contribution < -0.4 is 4.74 Å². The quantitative estimate of drug-likeness (QED) is 0.415. The number of methoxy groups -OCH3 is 2. The molecule has 1 saturated heterocycles. The van der Waals surface area contributed by atoms with E-state index in [0.717, 1.165) is 11.1 Å². The molecule has 1 aliphatic heterocycles. The zero-order valence-corrected chi connectivity index (χ0v) is 18.5. The maximum Gasteiger partial charge on any atom is 0.295 e. The van der Waals surface area contributed by atoms with Crippen LogP contribution >= 0.6 is 0 Å². The molecule has 2 heterocycles. The van der Waals surface area contributed by atoms with Crippen LogP contribution in [-0.2, 0) is 14.3 Å². The molecule has 1 aromatic heterocycles. The molecule has 1 aliphatic rings. The van der Waals surface area contributed by atoms with Crippen molar-refractivity contribution in [3.63, 3.8) is 0 Å². The summed E-state index contributed by atoms with van der Waals surface area (Å²) < 4.78 is 10.6. The van der Waals surface area contributed by atoms with Gasteiger partial charge in [-0.15, -0.1) is 0 Å². The third-order valence-electron chi connectivity index (χ3n) is 5.53. The van der Waals surface area contributed by atoms with Gasteiger partial charge in [0.2, 0.25) is 0 Å². The Labute approximate surface area is 182 Å². The molecule has 1 fully saturated rings. The van der Waals surface area contributed by atoms with Crippen LogP contribution in [0.25, 0.3) is 5.76 Å². The fourth-order valence-electron chi connectivity index (χ4n) is 3.91. The first-order valence-electron chi connectivity index (χ1n) is 10.2. The molecule has 1 unspecified atom stereocenters. The molecule has 1 amide bonds. The molecule has 0 aliphatic carbocycles. The van der Waals surface area contributed by atoms with E-state index in [2.05, 4.69) is 4.98 Å². The van der Waals surface area contributed by atoms with Crippen molar-refractivity contribution in [1.29, 1.82) is 0 Å². The van der Waals surface area contributed by atoms with Crippen LogP contribution in [-0.4, -0.2) is 54.1 Å². The molecular formula is C24H28N2O5. The highest BCUT2D eigenvalue weighted by Gasteiger charge is 2.46. The predicted octanol–water partition coefficient (Wildman–Crippen LogP) is 3.59. The lowest BCUT2D eigenvalue weighted by Gasteiger charge is -2.25. The van der Waals surface area contributed by atoms with Gasteiger partial charge in [-0.3, -0.25) is 14.6 Å². The minimum Gasteiger partial charge on any atom is -0.507 e. The highest BCUT2D eigenvalue weighted by molar-refractivity contribution is 6.46. The van der Waals surface area contributed by atoms with Gasteiger partial charge in [-0.25, -0.2) is 0 Å². The summed E-state index contributed by atoms with van der Waals surface area (Å²) in [6.45, 7) is 6.37. The number of ketones is 1. The second-order valence-corrected chi connectivity index (χ2v) is 7.84. The summed E-state index contributed by atoms with van der Waals surface area (Å²) in [6.07, 6.45) is 3.22. The van der Waals surface area contributed by atoms with Crippen LogP contribution in [0.5, 0.6) is 5.75 Å². The predicted molar refractivity (Wildman–Crippen MR) is 117 cm³/mol. The van der Waals surface area contributed by atoms with Crippen molar-refractivity contribution in [1.82, 2.24) is 9.88 Å². The van der Waals surface area contributed by atoms with Gasteiger partial charge in [0.15, 0.2) is 0 Å². The topological polar surface area (TPSA) is 89.0 Å². The number of likely N-dealkylation sites (tertiary alicyclic amines) is 1. The number of nitrogens with zero attached hydrogens (tertiary/aromatic N) is 2. The number of aromatic nitrogens is 1. The zero-order chi connectivity index (χ0) is 22.7. The van der Waals surface area contributed by atoms with E-state index < -0.39 is 17.7 Å². The van der Waals surface area contributed by atoms with Crippen molar-refractivity contribution in [3.8, 4) is 5.75 Å². The summed E-state index contributed by atoms with van der Waals surface area (Å²) >= 11 is 0. The fraction of sp³-hybridized carbons (Fsp3) is 0.375. The highest BCUT2D eigenvalue weighted by Crippen LogP contribution is 2.41. The third-order valence-corrected chi connectivity index (χ3v) is 5.53. The first kappa shape index (κ1) is 22.5. The van der Waals surface area contributed by atoms with Crippen molar-refractivity contribution in [2.75, 3.05) is 27.4 Å². The van der Waals surface area contributed by atoms with Gasteiger partial charge in [0.1, 0.15) is 11.5 Å². The molecule has 2 aromatic rings. The summed E-state index contributed by atoms with van der Waals surface area (Å²) in [5.41, 5.74) is 2.85. The number of amides is 1. The number of rotatable bonds is 7. The van der Waals surface area contributed by atoms with Crippen molar-refractivity contribution in [2.24, 2.45) is 0 Å². The lowest BCUT2D eigenvalue weighted by molar-refractivity contribution is -0.140. The number of benzene rings is 1. The minimum absolute atomic E-state index is 0.0528. The summed E-state index contributed by atoms with van der Waals surface area (Å²) in [4.78, 5) is 31.4. The van der Waals surface area contributed by atoms with E-state index in [4.69, 9.17) is 9.47 Å². The van der Waals surface area contributed by atoms with E-state index in [-0.39, 0.29) is 30.4 Å². The molecule has 0 radical (unpaired) electrons. The molecule has 0 saturated carbocycles. The van der Waals surface area contributed by atoms with Gasteiger partial charge in [0, 0.05) is 31.6 Å². The van der Waals surface area contributed by atoms with Gasteiger partial charge in [-0.05, 0) is 47.7 Å². The highest BCUT2D eigenvalue weighted by atomic mass is 16.5. The van der Waals surface area contributed by atoms with Gasteiger partial charge in [0.05, 0.1) is 25.3 Å². The van der Waals surface area contributed by atoms with Crippen LogP contribution in [0.4, 0.5) is 0 Å². The maximum atomic E-state index is 13.0. The third kappa shape index (κ3) is 4.18. The minimum atomic E-state index is -0.743.